The lowest BCUT2D eigenvalue weighted by molar-refractivity contribution is 0.176. The molecule has 2 nitrogen and oxygen atoms in total. The van der Waals surface area contributed by atoms with Crippen LogP contribution in [0.1, 0.15) is 32.8 Å². The molecule has 18 heavy (non-hydrogen) atoms. The van der Waals surface area contributed by atoms with Gasteiger partial charge in [-0.1, -0.05) is 36.7 Å². The summed E-state index contributed by atoms with van der Waals surface area (Å²) in [6.07, 6.45) is 1.17. The Bertz CT molecular complexity index is 377. The lowest BCUT2D eigenvalue weighted by Crippen LogP contribution is -2.34. The number of ether oxygens (including phenoxy) is 1. The van der Waals surface area contributed by atoms with Crippen molar-refractivity contribution in [2.24, 2.45) is 5.41 Å². The van der Waals surface area contributed by atoms with E-state index >= 15 is 0 Å². The van der Waals surface area contributed by atoms with Crippen LogP contribution in [0.4, 0.5) is 0 Å². The van der Waals surface area contributed by atoms with Gasteiger partial charge in [-0.3, -0.25) is 0 Å². The number of aryl methyl sites for hydroxylation is 1. The van der Waals surface area contributed by atoms with Crippen LogP contribution in [-0.2, 0) is 0 Å². The molecule has 102 valence electrons. The number of hydrogen-bond acceptors (Lipinski definition) is 2. The highest BCUT2D eigenvalue weighted by molar-refractivity contribution is 9.10. The average molecular weight is 314 g/mol. The van der Waals surface area contributed by atoms with E-state index in [-0.39, 0.29) is 5.41 Å². The number of nitrogens with one attached hydrogen (secondary N) is 1. The first kappa shape index (κ1) is 15.5. The van der Waals surface area contributed by atoms with Crippen LogP contribution in [-0.4, -0.2) is 19.7 Å². The van der Waals surface area contributed by atoms with Gasteiger partial charge in [0.05, 0.1) is 6.61 Å². The van der Waals surface area contributed by atoms with Crippen LogP contribution in [0.5, 0.6) is 5.75 Å². The molecule has 0 unspecified atom stereocenters. The van der Waals surface area contributed by atoms with Crippen molar-refractivity contribution >= 4 is 15.9 Å². The van der Waals surface area contributed by atoms with Crippen LogP contribution >= 0.6 is 15.9 Å². The van der Waals surface area contributed by atoms with Crippen LogP contribution in [0.25, 0.3) is 0 Å². The van der Waals surface area contributed by atoms with Crippen LogP contribution in [0.2, 0.25) is 0 Å². The summed E-state index contributed by atoms with van der Waals surface area (Å²) in [7, 11) is 0. The maximum atomic E-state index is 5.93. The van der Waals surface area contributed by atoms with Crippen molar-refractivity contribution in [3.63, 3.8) is 0 Å². The predicted octanol–water partition coefficient (Wildman–Crippen LogP) is 4.16. The molecule has 0 atom stereocenters. The van der Waals surface area contributed by atoms with E-state index in [1.54, 1.807) is 0 Å². The zero-order valence-electron chi connectivity index (χ0n) is 11.8. The van der Waals surface area contributed by atoms with Gasteiger partial charge >= 0.3 is 0 Å². The standard InChI is InChI=1S/C15H24BrNO/c1-5-8-17-10-15(3,4)11-18-14-7-6-13(16)9-12(14)2/h6-7,9,17H,5,8,10-11H2,1-4H3. The quantitative estimate of drug-likeness (QED) is 0.763. The smallest absolute Gasteiger partial charge is 0.122 e. The van der Waals surface area contributed by atoms with Crippen molar-refractivity contribution in [2.75, 3.05) is 19.7 Å². The molecule has 0 aromatic heterocycles. The van der Waals surface area contributed by atoms with E-state index in [0.29, 0.717) is 0 Å². The van der Waals surface area contributed by atoms with Gasteiger partial charge in [0.15, 0.2) is 0 Å². The van der Waals surface area contributed by atoms with Gasteiger partial charge in [-0.05, 0) is 43.7 Å². The van der Waals surface area contributed by atoms with Gasteiger partial charge in [0.25, 0.3) is 0 Å². The zero-order chi connectivity index (χ0) is 13.6. The van der Waals surface area contributed by atoms with Crippen molar-refractivity contribution in [3.8, 4) is 5.75 Å². The highest BCUT2D eigenvalue weighted by atomic mass is 79.9. The average Bonchev–Trinajstić information content (AvgIpc) is 2.28. The molecule has 0 aliphatic carbocycles. The second-order valence-corrected chi connectivity index (χ2v) is 6.46. The molecular formula is C15H24BrNO. The minimum atomic E-state index is 0.148. The largest absolute Gasteiger partial charge is 0.493 e. The van der Waals surface area contributed by atoms with Crippen molar-refractivity contribution in [1.82, 2.24) is 5.32 Å². The zero-order valence-corrected chi connectivity index (χ0v) is 13.4. The lowest BCUT2D eigenvalue weighted by atomic mass is 9.95. The molecule has 0 bridgehead atoms. The third kappa shape index (κ3) is 5.40. The number of halogens is 1. The molecular weight excluding hydrogens is 290 g/mol. The Morgan fingerprint density at radius 1 is 1.33 bits per heavy atom. The molecule has 0 spiro atoms. The minimum absolute atomic E-state index is 0.148. The Kier molecular flexibility index (Phi) is 6.16. The fourth-order valence-electron chi connectivity index (χ4n) is 1.70. The van der Waals surface area contributed by atoms with E-state index in [4.69, 9.17) is 4.74 Å². The van der Waals surface area contributed by atoms with Gasteiger partial charge in [-0.2, -0.15) is 0 Å². The molecule has 0 aliphatic heterocycles. The Labute approximate surface area is 119 Å². The summed E-state index contributed by atoms with van der Waals surface area (Å²) in [5.41, 5.74) is 1.32. The summed E-state index contributed by atoms with van der Waals surface area (Å²) < 4.78 is 7.02. The van der Waals surface area contributed by atoms with Gasteiger partial charge < -0.3 is 10.1 Å². The van der Waals surface area contributed by atoms with Crippen molar-refractivity contribution in [3.05, 3.63) is 28.2 Å². The van der Waals surface area contributed by atoms with Gasteiger partial charge in [-0.25, -0.2) is 0 Å². The Morgan fingerprint density at radius 2 is 2.06 bits per heavy atom. The third-order valence-corrected chi connectivity index (χ3v) is 3.28. The lowest BCUT2D eigenvalue weighted by Gasteiger charge is -2.25. The van der Waals surface area contributed by atoms with Gasteiger partial charge in [0.1, 0.15) is 5.75 Å². The van der Waals surface area contributed by atoms with E-state index in [1.165, 1.54) is 12.0 Å². The van der Waals surface area contributed by atoms with Crippen LogP contribution in [0, 0.1) is 12.3 Å². The number of benzene rings is 1. The summed E-state index contributed by atoms with van der Waals surface area (Å²) in [6.45, 7) is 11.5. The van der Waals surface area contributed by atoms with E-state index in [9.17, 15) is 0 Å². The topological polar surface area (TPSA) is 21.3 Å². The molecule has 0 radical (unpaired) electrons. The predicted molar refractivity (Wildman–Crippen MR) is 81.3 cm³/mol. The first-order valence-corrected chi connectivity index (χ1v) is 7.33. The fourth-order valence-corrected chi connectivity index (χ4v) is 2.18. The molecule has 0 amide bonds. The number of rotatable bonds is 7. The number of hydrogen-bond donors (Lipinski definition) is 1. The summed E-state index contributed by atoms with van der Waals surface area (Å²) in [5.74, 6) is 0.974. The third-order valence-electron chi connectivity index (χ3n) is 2.79. The molecule has 1 N–H and O–H groups in total. The summed E-state index contributed by atoms with van der Waals surface area (Å²) in [4.78, 5) is 0. The van der Waals surface area contributed by atoms with Crippen molar-refractivity contribution in [2.45, 2.75) is 34.1 Å². The van der Waals surface area contributed by atoms with Gasteiger partial charge in [0, 0.05) is 16.4 Å². The van der Waals surface area contributed by atoms with E-state index in [1.807, 2.05) is 12.1 Å². The molecule has 0 fully saturated rings. The molecule has 0 aliphatic rings. The Hall–Kier alpha value is -0.540. The van der Waals surface area contributed by atoms with Crippen molar-refractivity contribution < 1.29 is 4.74 Å². The molecule has 1 aromatic carbocycles. The van der Waals surface area contributed by atoms with Crippen molar-refractivity contribution in [1.29, 1.82) is 0 Å². The Balaban J connectivity index is 2.48. The maximum Gasteiger partial charge on any atom is 0.122 e. The summed E-state index contributed by atoms with van der Waals surface area (Å²) in [5, 5.41) is 3.45. The first-order valence-electron chi connectivity index (χ1n) is 6.54. The summed E-state index contributed by atoms with van der Waals surface area (Å²) in [6, 6.07) is 6.12. The molecule has 0 saturated heterocycles. The monoisotopic (exact) mass is 313 g/mol. The van der Waals surface area contributed by atoms with E-state index in [2.05, 4.69) is 55.0 Å². The van der Waals surface area contributed by atoms with E-state index in [0.717, 1.165) is 29.9 Å². The maximum absolute atomic E-state index is 5.93. The highest BCUT2D eigenvalue weighted by Gasteiger charge is 2.18. The van der Waals surface area contributed by atoms with Gasteiger partial charge in [0.2, 0.25) is 0 Å². The molecule has 0 saturated carbocycles. The normalized spacial score (nSPS) is 11.6. The first-order chi connectivity index (χ1) is 8.44. The van der Waals surface area contributed by atoms with Crippen LogP contribution in [0.3, 0.4) is 0 Å². The Morgan fingerprint density at radius 3 is 2.67 bits per heavy atom. The fraction of sp³-hybridized carbons (Fsp3) is 0.600. The highest BCUT2D eigenvalue weighted by Crippen LogP contribution is 2.24. The molecule has 0 heterocycles. The van der Waals surface area contributed by atoms with Crippen LogP contribution < -0.4 is 10.1 Å². The van der Waals surface area contributed by atoms with Crippen LogP contribution in [0.15, 0.2) is 22.7 Å². The second-order valence-electron chi connectivity index (χ2n) is 5.54. The molecule has 3 heteroatoms. The van der Waals surface area contributed by atoms with Gasteiger partial charge in [-0.15, -0.1) is 0 Å². The minimum Gasteiger partial charge on any atom is -0.493 e. The molecule has 1 aromatic rings. The summed E-state index contributed by atoms with van der Waals surface area (Å²) >= 11 is 3.46. The SMILES string of the molecule is CCCNCC(C)(C)COc1ccc(Br)cc1C. The molecule has 1 rings (SSSR count). The second kappa shape index (κ2) is 7.15. The van der Waals surface area contributed by atoms with E-state index < -0.39 is 0 Å².